The van der Waals surface area contributed by atoms with Crippen LogP contribution in [0.3, 0.4) is 0 Å². The molecule has 0 aromatic carbocycles. The molecule has 1 unspecified atom stereocenters. The van der Waals surface area contributed by atoms with Gasteiger partial charge in [-0.05, 0) is 58.7 Å². The van der Waals surface area contributed by atoms with Crippen LogP contribution in [0.2, 0.25) is 0 Å². The molecule has 3 fully saturated rings. The van der Waals surface area contributed by atoms with Gasteiger partial charge in [-0.15, -0.1) is 0 Å². The summed E-state index contributed by atoms with van der Waals surface area (Å²) in [6, 6.07) is 5.81. The van der Waals surface area contributed by atoms with Crippen LogP contribution in [-0.4, -0.2) is 98.1 Å². The molecule has 12 nitrogen and oxygen atoms in total. The molecule has 3 aromatic rings. The smallest absolute Gasteiger partial charge is 0.410 e. The van der Waals surface area contributed by atoms with Gasteiger partial charge in [0.1, 0.15) is 23.1 Å². The van der Waals surface area contributed by atoms with Crippen molar-refractivity contribution in [2.75, 3.05) is 44.2 Å². The minimum Gasteiger partial charge on any atom is -0.474 e. The lowest BCUT2D eigenvalue weighted by atomic mass is 10.1. The lowest BCUT2D eigenvalue weighted by molar-refractivity contribution is -0.00147. The SMILES string of the molecule is CC(C)(C)OC(=O)N1CCC(C)(OC(=O)N2CCN(c3ccn4ncc(-c5cccnc5OC5CC5)c4n3)CC2)C1. The third-order valence-corrected chi connectivity index (χ3v) is 7.50. The summed E-state index contributed by atoms with van der Waals surface area (Å²) < 4.78 is 19.2. The Morgan fingerprint density at radius 1 is 1.00 bits per heavy atom. The van der Waals surface area contributed by atoms with E-state index in [2.05, 4.69) is 15.0 Å². The number of carbonyl (C=O) groups excluding carboxylic acids is 2. The second kappa shape index (κ2) is 10.4. The van der Waals surface area contributed by atoms with E-state index in [1.807, 2.05) is 52.1 Å². The monoisotopic (exact) mass is 563 g/mol. The molecule has 0 N–H and O–H groups in total. The molecular weight excluding hydrogens is 526 g/mol. The summed E-state index contributed by atoms with van der Waals surface area (Å²) in [5, 5.41) is 4.49. The van der Waals surface area contributed by atoms with Crippen molar-refractivity contribution in [1.82, 2.24) is 29.4 Å². The predicted molar refractivity (Wildman–Crippen MR) is 151 cm³/mol. The molecular formula is C29H37N7O5. The highest BCUT2D eigenvalue weighted by atomic mass is 16.6. The van der Waals surface area contributed by atoms with Gasteiger partial charge in [0.2, 0.25) is 5.88 Å². The van der Waals surface area contributed by atoms with Crippen molar-refractivity contribution in [2.24, 2.45) is 0 Å². The first-order valence-electron chi connectivity index (χ1n) is 14.2. The van der Waals surface area contributed by atoms with E-state index in [1.165, 1.54) is 0 Å². The third-order valence-electron chi connectivity index (χ3n) is 7.50. The number of aromatic nitrogens is 4. The number of pyridine rings is 1. The largest absolute Gasteiger partial charge is 0.474 e. The zero-order valence-electron chi connectivity index (χ0n) is 24.1. The van der Waals surface area contributed by atoms with E-state index in [9.17, 15) is 9.59 Å². The van der Waals surface area contributed by atoms with E-state index < -0.39 is 11.2 Å². The minimum absolute atomic E-state index is 0.233. The maximum absolute atomic E-state index is 13.1. The van der Waals surface area contributed by atoms with Crippen LogP contribution < -0.4 is 9.64 Å². The Kier molecular flexibility index (Phi) is 6.87. The lowest BCUT2D eigenvalue weighted by Crippen LogP contribution is -2.51. The molecule has 3 aromatic heterocycles. The van der Waals surface area contributed by atoms with Crippen molar-refractivity contribution in [3.63, 3.8) is 0 Å². The van der Waals surface area contributed by atoms with Crippen LogP contribution in [0.1, 0.15) is 47.0 Å². The Bertz CT molecular complexity index is 1440. The van der Waals surface area contributed by atoms with Crippen molar-refractivity contribution >= 4 is 23.7 Å². The van der Waals surface area contributed by atoms with Crippen LogP contribution in [-0.2, 0) is 9.47 Å². The van der Waals surface area contributed by atoms with Gasteiger partial charge in [0, 0.05) is 57.1 Å². The van der Waals surface area contributed by atoms with E-state index in [0.29, 0.717) is 51.6 Å². The molecule has 5 heterocycles. The molecule has 218 valence electrons. The molecule has 2 amide bonds. The summed E-state index contributed by atoms with van der Waals surface area (Å²) in [6.45, 7) is 10.4. The van der Waals surface area contributed by atoms with Gasteiger partial charge in [0.05, 0.1) is 18.3 Å². The van der Waals surface area contributed by atoms with Gasteiger partial charge in [-0.1, -0.05) is 0 Å². The van der Waals surface area contributed by atoms with E-state index >= 15 is 0 Å². The van der Waals surface area contributed by atoms with Gasteiger partial charge in [-0.2, -0.15) is 5.10 Å². The molecule has 0 spiro atoms. The lowest BCUT2D eigenvalue weighted by Gasteiger charge is -2.36. The number of rotatable bonds is 5. The maximum atomic E-state index is 13.1. The van der Waals surface area contributed by atoms with Crippen LogP contribution in [0.25, 0.3) is 16.8 Å². The molecule has 41 heavy (non-hydrogen) atoms. The molecule has 0 radical (unpaired) electrons. The number of fused-ring (bicyclic) bond motifs is 1. The number of piperazine rings is 1. The Balaban J connectivity index is 1.08. The van der Waals surface area contributed by atoms with Gasteiger partial charge in [0.25, 0.3) is 0 Å². The fourth-order valence-corrected chi connectivity index (χ4v) is 5.15. The highest BCUT2D eigenvalue weighted by molar-refractivity contribution is 5.80. The van der Waals surface area contributed by atoms with Gasteiger partial charge in [0.15, 0.2) is 5.65 Å². The Morgan fingerprint density at radius 2 is 1.78 bits per heavy atom. The second-order valence-corrected chi connectivity index (χ2v) is 12.2. The minimum atomic E-state index is -0.746. The molecule has 0 bridgehead atoms. The average molecular weight is 564 g/mol. The fourth-order valence-electron chi connectivity index (χ4n) is 5.15. The number of nitrogens with zero attached hydrogens (tertiary/aromatic N) is 7. The maximum Gasteiger partial charge on any atom is 0.410 e. The Hall–Kier alpha value is -4.09. The quantitative estimate of drug-likeness (QED) is 0.454. The fraction of sp³-hybridized carbons (Fsp3) is 0.552. The number of anilines is 1. The van der Waals surface area contributed by atoms with Crippen molar-refractivity contribution in [1.29, 1.82) is 0 Å². The first-order chi connectivity index (χ1) is 19.6. The molecule has 1 saturated carbocycles. The molecule has 1 aliphatic carbocycles. The summed E-state index contributed by atoms with van der Waals surface area (Å²) in [5.41, 5.74) is 1.14. The molecule has 2 saturated heterocycles. The summed E-state index contributed by atoms with van der Waals surface area (Å²) in [6.07, 6.45) is 7.60. The van der Waals surface area contributed by atoms with Gasteiger partial charge in [-0.25, -0.2) is 24.1 Å². The van der Waals surface area contributed by atoms with Gasteiger partial charge >= 0.3 is 12.2 Å². The number of likely N-dealkylation sites (tertiary alicyclic amines) is 1. The average Bonchev–Trinajstić information content (AvgIpc) is 3.51. The second-order valence-electron chi connectivity index (χ2n) is 12.2. The Labute approximate surface area is 239 Å². The zero-order chi connectivity index (χ0) is 28.8. The van der Waals surface area contributed by atoms with E-state index in [-0.39, 0.29) is 18.3 Å². The summed E-state index contributed by atoms with van der Waals surface area (Å²) in [7, 11) is 0. The molecule has 3 aliphatic rings. The predicted octanol–water partition coefficient (Wildman–Crippen LogP) is 3.99. The molecule has 2 aliphatic heterocycles. The van der Waals surface area contributed by atoms with Crippen molar-refractivity contribution in [3.8, 4) is 17.0 Å². The number of hydrogen-bond acceptors (Lipinski definition) is 9. The highest BCUT2D eigenvalue weighted by Crippen LogP contribution is 2.35. The standard InChI is InChI=1S/C29H37N7O5/c1-28(2,3)40-27(38)35-13-10-29(4,19-35)41-26(37)34-16-14-33(15-17-34)23-9-12-36-24(32-23)22(18-31-36)21-6-5-11-30-25(21)39-20-7-8-20/h5-6,9,11-12,18,20H,7-8,10,13-17,19H2,1-4H3. The van der Waals surface area contributed by atoms with Gasteiger partial charge < -0.3 is 28.9 Å². The van der Waals surface area contributed by atoms with Crippen LogP contribution in [0.4, 0.5) is 15.4 Å². The molecule has 6 rings (SSSR count). The van der Waals surface area contributed by atoms with Crippen molar-refractivity contribution in [3.05, 3.63) is 36.8 Å². The summed E-state index contributed by atoms with van der Waals surface area (Å²) >= 11 is 0. The topological polar surface area (TPSA) is 115 Å². The highest BCUT2D eigenvalue weighted by Gasteiger charge is 2.42. The van der Waals surface area contributed by atoms with Crippen molar-refractivity contribution in [2.45, 2.75) is 64.3 Å². The number of hydrogen-bond donors (Lipinski definition) is 0. The molecule has 1 atom stereocenters. The van der Waals surface area contributed by atoms with Crippen LogP contribution in [0, 0.1) is 0 Å². The normalized spacial score (nSPS) is 21.3. The summed E-state index contributed by atoms with van der Waals surface area (Å²) in [4.78, 5) is 40.4. The van der Waals surface area contributed by atoms with E-state index in [0.717, 1.165) is 35.4 Å². The van der Waals surface area contributed by atoms with E-state index in [1.54, 1.807) is 26.7 Å². The van der Waals surface area contributed by atoms with Crippen LogP contribution in [0.15, 0.2) is 36.8 Å². The first-order valence-corrected chi connectivity index (χ1v) is 14.2. The van der Waals surface area contributed by atoms with Crippen molar-refractivity contribution < 1.29 is 23.8 Å². The van der Waals surface area contributed by atoms with Crippen LogP contribution >= 0.6 is 0 Å². The van der Waals surface area contributed by atoms with Gasteiger partial charge in [-0.3, -0.25) is 0 Å². The van der Waals surface area contributed by atoms with Crippen LogP contribution in [0.5, 0.6) is 5.88 Å². The number of amides is 2. The molecule has 12 heteroatoms. The zero-order valence-corrected chi connectivity index (χ0v) is 24.1. The number of ether oxygens (including phenoxy) is 3. The third kappa shape index (κ3) is 6.01. The summed E-state index contributed by atoms with van der Waals surface area (Å²) in [5.74, 6) is 1.42. The number of carbonyl (C=O) groups is 2. The first kappa shape index (κ1) is 27.1. The Morgan fingerprint density at radius 3 is 2.51 bits per heavy atom. The van der Waals surface area contributed by atoms with E-state index in [4.69, 9.17) is 19.2 Å².